The number of carbonyl (C=O) groups is 2. The van der Waals surface area contributed by atoms with Crippen molar-refractivity contribution in [3.8, 4) is 0 Å². The van der Waals surface area contributed by atoms with E-state index in [-0.39, 0.29) is 6.04 Å². The molecule has 104 valence electrons. The first-order valence-corrected chi connectivity index (χ1v) is 6.33. The molecule has 2 aromatic rings. The van der Waals surface area contributed by atoms with Crippen molar-refractivity contribution in [2.45, 2.75) is 19.4 Å². The Kier molecular flexibility index (Phi) is 4.20. The van der Waals surface area contributed by atoms with E-state index in [0.29, 0.717) is 6.42 Å². The maximum Gasteiger partial charge on any atom is 0.328 e. The molecular weight excluding hydrogens is 256 g/mol. The molecule has 0 fully saturated rings. The number of aromatic nitrogens is 1. The van der Waals surface area contributed by atoms with Crippen molar-refractivity contribution in [2.75, 3.05) is 0 Å². The molecule has 0 bridgehead atoms. The Balaban J connectivity index is 1.99. The molecule has 0 radical (unpaired) electrons. The molecule has 1 aromatic heterocycles. The Morgan fingerprint density at radius 1 is 1.35 bits per heavy atom. The summed E-state index contributed by atoms with van der Waals surface area (Å²) < 4.78 is 0. The van der Waals surface area contributed by atoms with Gasteiger partial charge in [-0.3, -0.25) is 4.79 Å². The Bertz CT molecular complexity index is 658. The highest BCUT2D eigenvalue weighted by Gasteiger charge is 2.09. The number of nitrogens with one attached hydrogen (secondary N) is 2. The van der Waals surface area contributed by atoms with E-state index in [9.17, 15) is 9.59 Å². The number of aliphatic carboxylic acids is 1. The number of hydrogen-bond donors (Lipinski definition) is 3. The van der Waals surface area contributed by atoms with Crippen LogP contribution in [-0.2, 0) is 16.0 Å². The van der Waals surface area contributed by atoms with Crippen molar-refractivity contribution in [1.82, 2.24) is 10.3 Å². The molecule has 0 unspecified atom stereocenters. The molecular formula is C15H16N2O3. The maximum absolute atomic E-state index is 11.5. The summed E-state index contributed by atoms with van der Waals surface area (Å²) in [6.45, 7) is 1.88. The smallest absolute Gasteiger partial charge is 0.328 e. The van der Waals surface area contributed by atoms with Crippen molar-refractivity contribution in [2.24, 2.45) is 0 Å². The lowest BCUT2D eigenvalue weighted by Crippen LogP contribution is -2.32. The normalized spacial score (nSPS) is 12.7. The van der Waals surface area contributed by atoms with Crippen LogP contribution in [0.3, 0.4) is 0 Å². The van der Waals surface area contributed by atoms with Crippen LogP contribution < -0.4 is 5.32 Å². The zero-order chi connectivity index (χ0) is 14.5. The Morgan fingerprint density at radius 2 is 2.10 bits per heavy atom. The van der Waals surface area contributed by atoms with E-state index in [0.717, 1.165) is 28.6 Å². The minimum Gasteiger partial charge on any atom is -0.478 e. The van der Waals surface area contributed by atoms with E-state index in [4.69, 9.17) is 5.11 Å². The predicted molar refractivity (Wildman–Crippen MR) is 76.4 cm³/mol. The fraction of sp³-hybridized carbons (Fsp3) is 0.200. The minimum absolute atomic E-state index is 0.0832. The number of carboxylic acids is 1. The first-order chi connectivity index (χ1) is 9.56. The first-order valence-electron chi connectivity index (χ1n) is 6.33. The van der Waals surface area contributed by atoms with E-state index >= 15 is 0 Å². The van der Waals surface area contributed by atoms with Gasteiger partial charge in [0.15, 0.2) is 0 Å². The Morgan fingerprint density at radius 3 is 2.85 bits per heavy atom. The molecule has 0 aliphatic carbocycles. The number of fused-ring (bicyclic) bond motifs is 1. The van der Waals surface area contributed by atoms with E-state index in [2.05, 4.69) is 10.3 Å². The molecule has 0 aliphatic heterocycles. The third-order valence-corrected chi connectivity index (χ3v) is 2.97. The van der Waals surface area contributed by atoms with Crippen LogP contribution in [0.25, 0.3) is 10.9 Å². The van der Waals surface area contributed by atoms with Crippen LogP contribution >= 0.6 is 0 Å². The second kappa shape index (κ2) is 6.06. The van der Waals surface area contributed by atoms with Crippen molar-refractivity contribution < 1.29 is 14.7 Å². The average Bonchev–Trinajstić information content (AvgIpc) is 2.80. The molecule has 0 spiro atoms. The molecule has 0 saturated heterocycles. The summed E-state index contributed by atoms with van der Waals surface area (Å²) in [6.07, 6.45) is 4.46. The largest absolute Gasteiger partial charge is 0.478 e. The summed E-state index contributed by atoms with van der Waals surface area (Å²) in [5.41, 5.74) is 2.18. The van der Waals surface area contributed by atoms with Gasteiger partial charge in [-0.25, -0.2) is 4.79 Å². The molecule has 3 N–H and O–H groups in total. The zero-order valence-corrected chi connectivity index (χ0v) is 11.1. The van der Waals surface area contributed by atoms with Gasteiger partial charge >= 0.3 is 5.97 Å². The van der Waals surface area contributed by atoms with E-state index in [1.165, 1.54) is 0 Å². The predicted octanol–water partition coefficient (Wildman–Crippen LogP) is 1.86. The molecule has 0 saturated carbocycles. The van der Waals surface area contributed by atoms with Crippen LogP contribution in [0.4, 0.5) is 0 Å². The van der Waals surface area contributed by atoms with Gasteiger partial charge < -0.3 is 15.4 Å². The van der Waals surface area contributed by atoms with E-state index < -0.39 is 11.9 Å². The molecule has 1 heterocycles. The molecule has 2 rings (SSSR count). The van der Waals surface area contributed by atoms with Crippen LogP contribution in [0.5, 0.6) is 0 Å². The van der Waals surface area contributed by atoms with Crippen LogP contribution in [0.2, 0.25) is 0 Å². The van der Waals surface area contributed by atoms with E-state index in [1.807, 2.05) is 37.4 Å². The van der Waals surface area contributed by atoms with Crippen LogP contribution in [0.15, 0.2) is 42.6 Å². The SMILES string of the molecule is C[C@@H](Cc1c[nH]c2ccccc12)NC(=O)/C=C/C(=O)O. The Hall–Kier alpha value is -2.56. The van der Waals surface area contributed by atoms with Crippen molar-refractivity contribution >= 4 is 22.8 Å². The van der Waals surface area contributed by atoms with Crippen LogP contribution in [0.1, 0.15) is 12.5 Å². The highest BCUT2D eigenvalue weighted by Crippen LogP contribution is 2.18. The summed E-state index contributed by atoms with van der Waals surface area (Å²) in [4.78, 5) is 25.0. The number of amides is 1. The summed E-state index contributed by atoms with van der Waals surface area (Å²) in [7, 11) is 0. The van der Waals surface area contributed by atoms with Gasteiger partial charge in [-0.1, -0.05) is 18.2 Å². The molecule has 1 aromatic carbocycles. The lowest BCUT2D eigenvalue weighted by molar-refractivity contribution is -0.131. The fourth-order valence-corrected chi connectivity index (χ4v) is 2.12. The number of benzene rings is 1. The highest BCUT2D eigenvalue weighted by molar-refractivity contribution is 5.94. The number of hydrogen-bond acceptors (Lipinski definition) is 2. The van der Waals surface area contributed by atoms with Gasteiger partial charge in [0.1, 0.15) is 0 Å². The monoisotopic (exact) mass is 272 g/mol. The first kappa shape index (κ1) is 13.9. The number of H-pyrrole nitrogens is 1. The summed E-state index contributed by atoms with van der Waals surface area (Å²) in [6, 6.07) is 7.88. The van der Waals surface area contributed by atoms with Gasteiger partial charge in [0, 0.05) is 35.3 Å². The van der Waals surface area contributed by atoms with Crippen molar-refractivity contribution in [3.05, 3.63) is 48.2 Å². The second-order valence-corrected chi connectivity index (χ2v) is 4.64. The summed E-state index contributed by atoms with van der Waals surface area (Å²) in [5.74, 6) is -1.54. The summed E-state index contributed by atoms with van der Waals surface area (Å²) in [5, 5.41) is 12.3. The molecule has 1 amide bonds. The number of carbonyl (C=O) groups excluding carboxylic acids is 1. The second-order valence-electron chi connectivity index (χ2n) is 4.64. The van der Waals surface area contributed by atoms with Crippen molar-refractivity contribution in [3.63, 3.8) is 0 Å². The topological polar surface area (TPSA) is 82.2 Å². The Labute approximate surface area is 116 Å². The third kappa shape index (κ3) is 3.47. The van der Waals surface area contributed by atoms with Gasteiger partial charge in [0.05, 0.1) is 0 Å². The maximum atomic E-state index is 11.5. The van der Waals surface area contributed by atoms with Gasteiger partial charge in [-0.15, -0.1) is 0 Å². The molecule has 5 heteroatoms. The van der Waals surface area contributed by atoms with Crippen LogP contribution in [-0.4, -0.2) is 28.0 Å². The molecule has 5 nitrogen and oxygen atoms in total. The zero-order valence-electron chi connectivity index (χ0n) is 11.1. The number of para-hydroxylation sites is 1. The molecule has 20 heavy (non-hydrogen) atoms. The third-order valence-electron chi connectivity index (χ3n) is 2.97. The summed E-state index contributed by atoms with van der Waals surface area (Å²) >= 11 is 0. The standard InChI is InChI=1S/C15H16N2O3/c1-10(17-14(18)6-7-15(19)20)8-11-9-16-13-5-3-2-4-12(11)13/h2-7,9-10,16H,8H2,1H3,(H,17,18)(H,19,20)/b7-6+/t10-/m0/s1. The van der Waals surface area contributed by atoms with Crippen LogP contribution in [0, 0.1) is 0 Å². The van der Waals surface area contributed by atoms with Crippen molar-refractivity contribution in [1.29, 1.82) is 0 Å². The fourth-order valence-electron chi connectivity index (χ4n) is 2.12. The van der Waals surface area contributed by atoms with Gasteiger partial charge in [-0.05, 0) is 25.0 Å². The lowest BCUT2D eigenvalue weighted by atomic mass is 10.1. The average molecular weight is 272 g/mol. The number of rotatable bonds is 5. The van der Waals surface area contributed by atoms with Gasteiger partial charge in [-0.2, -0.15) is 0 Å². The number of carboxylic acid groups (broad SMARTS) is 1. The highest BCUT2D eigenvalue weighted by atomic mass is 16.4. The van der Waals surface area contributed by atoms with E-state index in [1.54, 1.807) is 0 Å². The molecule has 0 aliphatic rings. The minimum atomic E-state index is -1.13. The number of aromatic amines is 1. The quantitative estimate of drug-likeness (QED) is 0.726. The van der Waals surface area contributed by atoms with Gasteiger partial charge in [0.25, 0.3) is 0 Å². The molecule has 1 atom stereocenters. The lowest BCUT2D eigenvalue weighted by Gasteiger charge is -2.11. The van der Waals surface area contributed by atoms with Gasteiger partial charge in [0.2, 0.25) is 5.91 Å².